The van der Waals surface area contributed by atoms with Crippen LogP contribution in [0.15, 0.2) is 52.5 Å². The third kappa shape index (κ3) is 5.25. The van der Waals surface area contributed by atoms with Crippen LogP contribution in [-0.4, -0.2) is 42.3 Å². The molecule has 25 heavy (non-hydrogen) atoms. The van der Waals surface area contributed by atoms with Crippen LogP contribution in [0.25, 0.3) is 0 Å². The fraction of sp³-hybridized carbons (Fsp3) is 0.294. The maximum atomic E-state index is 12.4. The van der Waals surface area contributed by atoms with Crippen molar-refractivity contribution in [2.75, 3.05) is 18.8 Å². The average Bonchev–Trinajstić information content (AvgIpc) is 2.61. The van der Waals surface area contributed by atoms with E-state index in [-0.39, 0.29) is 16.4 Å². The molecule has 0 N–H and O–H groups in total. The average molecular weight is 490 g/mol. The fourth-order valence-corrected chi connectivity index (χ4v) is 4.68. The topological polar surface area (TPSA) is 67.3 Å². The normalized spacial score (nSPS) is 11.7. The molecule has 134 valence electrons. The van der Waals surface area contributed by atoms with Gasteiger partial charge in [0.1, 0.15) is 4.90 Å². The van der Waals surface area contributed by atoms with Crippen LogP contribution in [0.2, 0.25) is 0 Å². The summed E-state index contributed by atoms with van der Waals surface area (Å²) in [5.41, 5.74) is 0.661. The summed E-state index contributed by atoms with van der Waals surface area (Å²) in [6.07, 6.45) is 1.35. The van der Waals surface area contributed by atoms with E-state index >= 15 is 0 Å². The standard InChI is InChI=1S/C17H19IN2O3S2/c1-3-20(4-2)25(22,23)15-9-10-17(19-11-15)24-12-16(21)13-5-7-14(18)8-6-13/h5-11H,3-4,12H2,1-2H3. The molecule has 1 aromatic carbocycles. The number of hydrogen-bond donors (Lipinski definition) is 0. The van der Waals surface area contributed by atoms with E-state index in [0.717, 1.165) is 3.57 Å². The van der Waals surface area contributed by atoms with Gasteiger partial charge >= 0.3 is 0 Å². The molecule has 2 aromatic rings. The van der Waals surface area contributed by atoms with Gasteiger partial charge in [-0.1, -0.05) is 37.7 Å². The number of rotatable bonds is 8. The quantitative estimate of drug-likeness (QED) is 0.321. The molecule has 2 rings (SSSR count). The van der Waals surface area contributed by atoms with Gasteiger partial charge in [0.2, 0.25) is 10.0 Å². The van der Waals surface area contributed by atoms with Gasteiger partial charge in [0, 0.05) is 28.4 Å². The number of thioether (sulfide) groups is 1. The van der Waals surface area contributed by atoms with E-state index in [4.69, 9.17) is 0 Å². The highest BCUT2D eigenvalue weighted by molar-refractivity contribution is 14.1. The SMILES string of the molecule is CCN(CC)S(=O)(=O)c1ccc(SCC(=O)c2ccc(I)cc2)nc1. The number of ketones is 1. The van der Waals surface area contributed by atoms with Crippen LogP contribution in [0, 0.1) is 3.57 Å². The molecule has 0 saturated carbocycles. The first-order chi connectivity index (χ1) is 11.9. The smallest absolute Gasteiger partial charge is 0.244 e. The Bertz CT molecular complexity index is 818. The van der Waals surface area contributed by atoms with Gasteiger partial charge in [-0.15, -0.1) is 0 Å². The van der Waals surface area contributed by atoms with Crippen LogP contribution in [0.4, 0.5) is 0 Å². The second kappa shape index (κ2) is 9.11. The number of sulfonamides is 1. The highest BCUT2D eigenvalue weighted by Crippen LogP contribution is 2.21. The largest absolute Gasteiger partial charge is 0.293 e. The molecule has 1 heterocycles. The van der Waals surface area contributed by atoms with Crippen LogP contribution in [0.3, 0.4) is 0 Å². The summed E-state index contributed by atoms with van der Waals surface area (Å²) in [6, 6.07) is 10.6. The van der Waals surface area contributed by atoms with Crippen molar-refractivity contribution in [2.24, 2.45) is 0 Å². The number of nitrogens with zero attached hydrogens (tertiary/aromatic N) is 2. The van der Waals surface area contributed by atoms with Crippen molar-refractivity contribution in [1.29, 1.82) is 0 Å². The zero-order valence-corrected chi connectivity index (χ0v) is 17.8. The lowest BCUT2D eigenvalue weighted by Crippen LogP contribution is -2.30. The molecule has 0 aliphatic heterocycles. The van der Waals surface area contributed by atoms with Crippen LogP contribution < -0.4 is 0 Å². The van der Waals surface area contributed by atoms with Gasteiger partial charge < -0.3 is 0 Å². The van der Waals surface area contributed by atoms with E-state index in [2.05, 4.69) is 27.6 Å². The summed E-state index contributed by atoms with van der Waals surface area (Å²) in [5, 5.41) is 0.623. The van der Waals surface area contributed by atoms with Crippen LogP contribution >= 0.6 is 34.4 Å². The highest BCUT2D eigenvalue weighted by Gasteiger charge is 2.21. The number of benzene rings is 1. The van der Waals surface area contributed by atoms with E-state index in [0.29, 0.717) is 23.7 Å². The van der Waals surface area contributed by atoms with Crippen molar-refractivity contribution >= 4 is 50.2 Å². The zero-order valence-electron chi connectivity index (χ0n) is 14.0. The van der Waals surface area contributed by atoms with Crippen molar-refractivity contribution in [3.63, 3.8) is 0 Å². The Morgan fingerprint density at radius 1 is 1.12 bits per heavy atom. The maximum Gasteiger partial charge on any atom is 0.244 e. The summed E-state index contributed by atoms with van der Waals surface area (Å²) in [7, 11) is -3.50. The first-order valence-electron chi connectivity index (χ1n) is 7.76. The molecule has 0 aliphatic carbocycles. The van der Waals surface area contributed by atoms with Crippen molar-refractivity contribution in [1.82, 2.24) is 9.29 Å². The Labute approximate surface area is 166 Å². The minimum atomic E-state index is -3.50. The molecule has 0 amide bonds. The zero-order chi connectivity index (χ0) is 18.4. The molecule has 0 aliphatic rings. The van der Waals surface area contributed by atoms with E-state index in [1.807, 2.05) is 12.1 Å². The summed E-state index contributed by atoms with van der Waals surface area (Å²) >= 11 is 3.49. The van der Waals surface area contributed by atoms with Gasteiger partial charge in [0.05, 0.1) is 10.8 Å². The van der Waals surface area contributed by atoms with Crippen molar-refractivity contribution in [2.45, 2.75) is 23.8 Å². The van der Waals surface area contributed by atoms with E-state index in [1.54, 1.807) is 38.1 Å². The number of halogens is 1. The molecule has 0 saturated heterocycles. The Morgan fingerprint density at radius 3 is 2.28 bits per heavy atom. The van der Waals surface area contributed by atoms with Crippen molar-refractivity contribution < 1.29 is 13.2 Å². The van der Waals surface area contributed by atoms with E-state index in [9.17, 15) is 13.2 Å². The van der Waals surface area contributed by atoms with Gasteiger partial charge in [-0.05, 0) is 46.9 Å². The number of aromatic nitrogens is 1. The molecule has 0 radical (unpaired) electrons. The molecular formula is C17H19IN2O3S2. The molecule has 0 bridgehead atoms. The van der Waals surface area contributed by atoms with Crippen LogP contribution in [0.1, 0.15) is 24.2 Å². The predicted octanol–water partition coefficient (Wildman–Crippen LogP) is 3.69. The first kappa shape index (κ1) is 20.3. The Balaban J connectivity index is 2.03. The third-order valence-corrected chi connectivity index (χ3v) is 7.27. The fourth-order valence-electron chi connectivity index (χ4n) is 2.18. The van der Waals surface area contributed by atoms with Gasteiger partial charge in [0.25, 0.3) is 0 Å². The Hall–Kier alpha value is -0.970. The lowest BCUT2D eigenvalue weighted by atomic mass is 10.2. The van der Waals surface area contributed by atoms with Crippen LogP contribution in [0.5, 0.6) is 0 Å². The highest BCUT2D eigenvalue weighted by atomic mass is 127. The number of Topliss-reactive ketones (excluding diaryl/α,β-unsaturated/α-hetero) is 1. The lowest BCUT2D eigenvalue weighted by molar-refractivity contribution is 0.102. The summed E-state index contributed by atoms with van der Waals surface area (Å²) in [4.78, 5) is 16.5. The van der Waals surface area contributed by atoms with Gasteiger partial charge in [0.15, 0.2) is 5.78 Å². The number of carbonyl (C=O) groups is 1. The summed E-state index contributed by atoms with van der Waals surface area (Å²) < 4.78 is 27.3. The van der Waals surface area contributed by atoms with Gasteiger partial charge in [-0.25, -0.2) is 13.4 Å². The minimum Gasteiger partial charge on any atom is -0.293 e. The third-order valence-electron chi connectivity index (χ3n) is 3.57. The van der Waals surface area contributed by atoms with E-state index in [1.165, 1.54) is 22.3 Å². The Kier molecular flexibility index (Phi) is 7.41. The molecular weight excluding hydrogens is 471 g/mol. The lowest BCUT2D eigenvalue weighted by Gasteiger charge is -2.18. The molecule has 0 fully saturated rings. The van der Waals surface area contributed by atoms with Crippen molar-refractivity contribution in [3.8, 4) is 0 Å². The monoisotopic (exact) mass is 490 g/mol. The summed E-state index contributed by atoms with van der Waals surface area (Å²) in [5.74, 6) is 0.276. The molecule has 5 nitrogen and oxygen atoms in total. The van der Waals surface area contributed by atoms with Crippen molar-refractivity contribution in [3.05, 3.63) is 51.7 Å². The molecule has 0 spiro atoms. The Morgan fingerprint density at radius 2 is 1.76 bits per heavy atom. The first-order valence-corrected chi connectivity index (χ1v) is 11.3. The molecule has 0 unspecified atom stereocenters. The van der Waals surface area contributed by atoms with E-state index < -0.39 is 10.0 Å². The van der Waals surface area contributed by atoms with Gasteiger partial charge in [-0.3, -0.25) is 4.79 Å². The molecule has 1 aromatic heterocycles. The molecule has 8 heteroatoms. The van der Waals surface area contributed by atoms with Crippen LogP contribution in [-0.2, 0) is 10.0 Å². The summed E-state index contributed by atoms with van der Waals surface area (Å²) in [6.45, 7) is 4.43. The second-order valence-corrected chi connectivity index (χ2v) is 9.32. The number of pyridine rings is 1. The minimum absolute atomic E-state index is 0.0167. The maximum absolute atomic E-state index is 12.4. The number of hydrogen-bond acceptors (Lipinski definition) is 5. The predicted molar refractivity (Wildman–Crippen MR) is 109 cm³/mol. The second-order valence-electron chi connectivity index (χ2n) is 5.14. The van der Waals surface area contributed by atoms with Gasteiger partial charge in [-0.2, -0.15) is 4.31 Å². The molecule has 0 atom stereocenters. The number of carbonyl (C=O) groups excluding carboxylic acids is 1.